The summed E-state index contributed by atoms with van der Waals surface area (Å²) >= 11 is 0. The van der Waals surface area contributed by atoms with Gasteiger partial charge < -0.3 is 4.74 Å². The van der Waals surface area contributed by atoms with E-state index in [1.807, 2.05) is 12.1 Å². The van der Waals surface area contributed by atoms with E-state index in [0.29, 0.717) is 5.92 Å². The number of rotatable bonds is 12. The highest BCUT2D eigenvalue weighted by molar-refractivity contribution is 5.64. The van der Waals surface area contributed by atoms with E-state index in [-0.39, 0.29) is 5.75 Å². The average molecular weight is 429 g/mol. The number of benzene rings is 2. The molecule has 3 rings (SSSR count). The van der Waals surface area contributed by atoms with Crippen molar-refractivity contribution in [1.82, 2.24) is 0 Å². The second kappa shape index (κ2) is 12.8. The first-order valence-electron chi connectivity index (χ1n) is 12.3. The first-order valence-corrected chi connectivity index (χ1v) is 12.3. The quantitative estimate of drug-likeness (QED) is 0.306. The van der Waals surface area contributed by atoms with Crippen LogP contribution in [0.2, 0.25) is 0 Å². The molecular weight excluding hydrogens is 390 g/mol. The van der Waals surface area contributed by atoms with Crippen molar-refractivity contribution in [3.05, 3.63) is 54.1 Å². The van der Waals surface area contributed by atoms with Crippen LogP contribution in [0.15, 0.2) is 48.5 Å². The van der Waals surface area contributed by atoms with Gasteiger partial charge in [0.05, 0.1) is 0 Å². The van der Waals surface area contributed by atoms with E-state index < -0.39 is 6.61 Å². The van der Waals surface area contributed by atoms with E-state index in [9.17, 15) is 8.78 Å². The molecule has 0 saturated heterocycles. The minimum absolute atomic E-state index is 0.198. The zero-order chi connectivity index (χ0) is 21.9. The van der Waals surface area contributed by atoms with Gasteiger partial charge in [-0.15, -0.1) is 0 Å². The van der Waals surface area contributed by atoms with Crippen LogP contribution in [0.5, 0.6) is 5.75 Å². The van der Waals surface area contributed by atoms with Gasteiger partial charge in [0.15, 0.2) is 0 Å². The normalized spacial score (nSPS) is 19.0. The summed E-state index contributed by atoms with van der Waals surface area (Å²) < 4.78 is 29.0. The lowest BCUT2D eigenvalue weighted by molar-refractivity contribution is -0.0498. The highest BCUT2D eigenvalue weighted by Crippen LogP contribution is 2.38. The van der Waals surface area contributed by atoms with Gasteiger partial charge in [-0.3, -0.25) is 0 Å². The van der Waals surface area contributed by atoms with Gasteiger partial charge in [-0.25, -0.2) is 0 Å². The molecule has 3 heteroatoms. The molecule has 0 heterocycles. The van der Waals surface area contributed by atoms with Crippen molar-refractivity contribution >= 4 is 0 Å². The Labute approximate surface area is 187 Å². The summed E-state index contributed by atoms with van der Waals surface area (Å²) in [6.45, 7) is -0.504. The summed E-state index contributed by atoms with van der Waals surface area (Å²) in [4.78, 5) is 0. The van der Waals surface area contributed by atoms with Crippen LogP contribution < -0.4 is 4.74 Å². The molecule has 0 amide bonds. The summed E-state index contributed by atoms with van der Waals surface area (Å²) in [5, 5.41) is 0. The Hall–Kier alpha value is -1.90. The predicted octanol–water partition coefficient (Wildman–Crippen LogP) is 9.37. The third kappa shape index (κ3) is 7.94. The number of hydrogen-bond donors (Lipinski definition) is 0. The standard InChI is InChI=1S/C28H38F2O/c1-2-3-4-5-6-7-8-9-22-10-12-23(13-11-22)24-14-16-25(17-15-24)26-18-20-27(21-19-26)31-28(29)30/h14-23,28H,2-13H2,1H3/t22-,23-. The highest BCUT2D eigenvalue weighted by Gasteiger charge is 2.22. The van der Waals surface area contributed by atoms with Crippen LogP contribution in [-0.2, 0) is 0 Å². The van der Waals surface area contributed by atoms with Crippen LogP contribution in [0.4, 0.5) is 8.78 Å². The maximum atomic E-state index is 12.3. The summed E-state index contributed by atoms with van der Waals surface area (Å²) in [5.74, 6) is 1.81. The van der Waals surface area contributed by atoms with Gasteiger partial charge in [0.2, 0.25) is 0 Å². The lowest BCUT2D eigenvalue weighted by atomic mass is 9.77. The minimum Gasteiger partial charge on any atom is -0.435 e. The molecule has 1 nitrogen and oxygen atoms in total. The van der Waals surface area contributed by atoms with Gasteiger partial charge in [-0.2, -0.15) is 8.78 Å². The monoisotopic (exact) mass is 428 g/mol. The Kier molecular flexibility index (Phi) is 9.84. The zero-order valence-corrected chi connectivity index (χ0v) is 19.0. The van der Waals surface area contributed by atoms with Crippen LogP contribution in [-0.4, -0.2) is 6.61 Å². The molecule has 0 spiro atoms. The molecular formula is C28H38F2O. The molecule has 2 aromatic rings. The van der Waals surface area contributed by atoms with Crippen molar-refractivity contribution in [2.75, 3.05) is 0 Å². The van der Waals surface area contributed by atoms with E-state index in [4.69, 9.17) is 0 Å². The first kappa shape index (κ1) is 23.8. The molecule has 1 fully saturated rings. The molecule has 1 aliphatic carbocycles. The van der Waals surface area contributed by atoms with Crippen LogP contribution in [0.1, 0.15) is 95.5 Å². The zero-order valence-electron chi connectivity index (χ0n) is 19.0. The molecule has 0 bridgehead atoms. The third-order valence-corrected chi connectivity index (χ3v) is 6.86. The SMILES string of the molecule is CCCCCCCCC[C@H]1CC[C@H](c2ccc(-c3ccc(OC(F)F)cc3)cc2)CC1. The second-order valence-corrected chi connectivity index (χ2v) is 9.15. The molecule has 0 radical (unpaired) electrons. The van der Waals surface area contributed by atoms with Crippen LogP contribution >= 0.6 is 0 Å². The van der Waals surface area contributed by atoms with Crippen molar-refractivity contribution in [3.63, 3.8) is 0 Å². The first-order chi connectivity index (χ1) is 15.2. The maximum Gasteiger partial charge on any atom is 0.387 e. The third-order valence-electron chi connectivity index (χ3n) is 6.86. The van der Waals surface area contributed by atoms with Crippen molar-refractivity contribution in [2.24, 2.45) is 5.92 Å². The highest BCUT2D eigenvalue weighted by atomic mass is 19.3. The number of halogens is 2. The molecule has 0 aromatic heterocycles. The molecule has 0 unspecified atom stereocenters. The Morgan fingerprint density at radius 2 is 1.29 bits per heavy atom. The molecule has 1 saturated carbocycles. The van der Waals surface area contributed by atoms with Crippen molar-refractivity contribution in [1.29, 1.82) is 0 Å². The van der Waals surface area contributed by atoms with Gasteiger partial charge in [-0.1, -0.05) is 94.7 Å². The number of ether oxygens (including phenoxy) is 1. The minimum atomic E-state index is -2.78. The van der Waals surface area contributed by atoms with Gasteiger partial charge >= 0.3 is 6.61 Å². The maximum absolute atomic E-state index is 12.3. The lowest BCUT2D eigenvalue weighted by Gasteiger charge is -2.29. The number of hydrogen-bond acceptors (Lipinski definition) is 1. The lowest BCUT2D eigenvalue weighted by Crippen LogP contribution is -2.13. The Balaban J connectivity index is 1.40. The number of alkyl halides is 2. The Morgan fingerprint density at radius 1 is 0.742 bits per heavy atom. The van der Waals surface area contributed by atoms with E-state index in [2.05, 4.69) is 35.9 Å². The fourth-order valence-corrected chi connectivity index (χ4v) is 4.95. The van der Waals surface area contributed by atoms with E-state index in [1.165, 1.54) is 82.6 Å². The van der Waals surface area contributed by atoms with Crippen molar-refractivity contribution in [3.8, 4) is 16.9 Å². The van der Waals surface area contributed by atoms with E-state index >= 15 is 0 Å². The fraction of sp³-hybridized carbons (Fsp3) is 0.571. The molecule has 0 N–H and O–H groups in total. The number of unbranched alkanes of at least 4 members (excludes halogenated alkanes) is 6. The van der Waals surface area contributed by atoms with E-state index in [0.717, 1.165) is 17.0 Å². The fourth-order valence-electron chi connectivity index (χ4n) is 4.95. The van der Waals surface area contributed by atoms with Gasteiger partial charge in [0.25, 0.3) is 0 Å². The summed E-state index contributed by atoms with van der Waals surface area (Å²) in [5.41, 5.74) is 3.57. The van der Waals surface area contributed by atoms with Crippen molar-refractivity contribution < 1.29 is 13.5 Å². The molecule has 2 aromatic carbocycles. The summed E-state index contributed by atoms with van der Waals surface area (Å²) in [7, 11) is 0. The summed E-state index contributed by atoms with van der Waals surface area (Å²) in [6.07, 6.45) is 16.6. The smallest absolute Gasteiger partial charge is 0.387 e. The average Bonchev–Trinajstić information content (AvgIpc) is 2.79. The predicted molar refractivity (Wildman–Crippen MR) is 126 cm³/mol. The Bertz CT molecular complexity index is 731. The van der Waals surface area contributed by atoms with Crippen LogP contribution in [0.25, 0.3) is 11.1 Å². The summed E-state index contributed by atoms with van der Waals surface area (Å²) in [6, 6.07) is 15.7. The van der Waals surface area contributed by atoms with Gasteiger partial charge in [0, 0.05) is 0 Å². The molecule has 170 valence electrons. The largest absolute Gasteiger partial charge is 0.435 e. The van der Waals surface area contributed by atoms with Crippen LogP contribution in [0, 0.1) is 5.92 Å². The van der Waals surface area contributed by atoms with E-state index in [1.54, 1.807) is 12.1 Å². The molecule has 0 aliphatic heterocycles. The molecule has 0 atom stereocenters. The van der Waals surface area contributed by atoms with Crippen molar-refractivity contribution in [2.45, 2.75) is 96.5 Å². The van der Waals surface area contributed by atoms with Gasteiger partial charge in [-0.05, 0) is 66.3 Å². The van der Waals surface area contributed by atoms with Gasteiger partial charge in [0.1, 0.15) is 5.75 Å². The molecule has 1 aliphatic rings. The Morgan fingerprint density at radius 3 is 1.87 bits per heavy atom. The second-order valence-electron chi connectivity index (χ2n) is 9.15. The topological polar surface area (TPSA) is 9.23 Å². The van der Waals surface area contributed by atoms with Crippen LogP contribution in [0.3, 0.4) is 0 Å². The molecule has 31 heavy (non-hydrogen) atoms.